The zero-order chi connectivity index (χ0) is 25.1. The van der Waals surface area contributed by atoms with E-state index in [0.29, 0.717) is 27.7 Å². The predicted molar refractivity (Wildman–Crippen MR) is 128 cm³/mol. The fourth-order valence-corrected chi connectivity index (χ4v) is 4.98. The second kappa shape index (κ2) is 10.3. The van der Waals surface area contributed by atoms with Crippen LogP contribution in [0.3, 0.4) is 0 Å². The van der Waals surface area contributed by atoms with Gasteiger partial charge in [0.1, 0.15) is 0 Å². The summed E-state index contributed by atoms with van der Waals surface area (Å²) >= 11 is 1.39. The summed E-state index contributed by atoms with van der Waals surface area (Å²) in [5, 5.41) is 18.3. The number of hydrogen-bond donors (Lipinski definition) is 0. The number of carbonyl (C=O) groups excluding carboxylic acids is 2. The molecule has 3 aromatic rings. The molecule has 0 saturated carbocycles. The summed E-state index contributed by atoms with van der Waals surface area (Å²) < 4.78 is 12.5. The number of esters is 1. The highest BCUT2D eigenvalue weighted by atomic mass is 32.2. The Bertz CT molecular complexity index is 1280. The molecule has 4 rings (SSSR count). The highest BCUT2D eigenvalue weighted by molar-refractivity contribution is 7.99. The molecular formula is C25H26N4O5S. The Hall–Kier alpha value is -3.66. The van der Waals surface area contributed by atoms with E-state index in [4.69, 9.17) is 14.6 Å². The number of ether oxygens (including phenoxy) is 2. The Morgan fingerprint density at radius 3 is 2.63 bits per heavy atom. The number of hydrogen-bond acceptors (Lipinski definition) is 8. The average Bonchev–Trinajstić information content (AvgIpc) is 2.83. The summed E-state index contributed by atoms with van der Waals surface area (Å²) in [5.41, 5.74) is 1.78. The van der Waals surface area contributed by atoms with Gasteiger partial charge in [-0.2, -0.15) is 0 Å². The quantitative estimate of drug-likeness (QED) is 0.162. The molecule has 1 aliphatic heterocycles. The van der Waals surface area contributed by atoms with Crippen molar-refractivity contribution in [3.05, 3.63) is 48.0 Å². The predicted octanol–water partition coefficient (Wildman–Crippen LogP) is 3.24. The molecular weight excluding hydrogens is 468 g/mol. The van der Waals surface area contributed by atoms with Crippen LogP contribution in [0.15, 0.2) is 47.6 Å². The van der Waals surface area contributed by atoms with E-state index < -0.39 is 18.0 Å². The van der Waals surface area contributed by atoms with Crippen molar-refractivity contribution in [2.24, 2.45) is 0 Å². The van der Waals surface area contributed by atoms with Gasteiger partial charge in [-0.15, -0.1) is 0 Å². The van der Waals surface area contributed by atoms with Gasteiger partial charge in [-0.3, -0.25) is 9.59 Å². The van der Waals surface area contributed by atoms with Crippen LogP contribution in [-0.4, -0.2) is 34.8 Å². The fraction of sp³-hybridized carbons (Fsp3) is 0.320. The monoisotopic (exact) mass is 494 g/mol. The molecule has 1 aliphatic rings. The van der Waals surface area contributed by atoms with Crippen molar-refractivity contribution in [1.82, 2.24) is 10.1 Å². The number of benzene rings is 2. The summed E-state index contributed by atoms with van der Waals surface area (Å²) in [5.74, 6) is -0.0428. The molecule has 0 radical (unpaired) electrons. The molecule has 0 bridgehead atoms. The Balaban J connectivity index is 2.02. The van der Waals surface area contributed by atoms with Crippen molar-refractivity contribution in [3.63, 3.8) is 0 Å². The lowest BCUT2D eigenvalue weighted by Gasteiger charge is -2.33. The number of aromatic nitrogens is 3. The van der Waals surface area contributed by atoms with Gasteiger partial charge < -0.3 is 14.6 Å². The van der Waals surface area contributed by atoms with Crippen LogP contribution in [0.5, 0.6) is 17.4 Å². The molecule has 2 heterocycles. The third-order valence-electron chi connectivity index (χ3n) is 5.54. The van der Waals surface area contributed by atoms with E-state index in [0.717, 1.165) is 18.6 Å². The first-order valence-electron chi connectivity index (χ1n) is 11.3. The minimum absolute atomic E-state index is 0.155. The number of methoxy groups -OCH3 is 1. The van der Waals surface area contributed by atoms with E-state index in [1.54, 1.807) is 42.5 Å². The standard InChI is InChI=1S/C25H26N4O5S/c1-5-6-14-35-25-26-23(32)21-17-10-7-8-12-19(17)28(15(2)30)24(29(21)27-25)18-11-9-13-20(33-4)22(18)34-16(3)31/h7-13,24H,5-6,14H2,1-4H3. The van der Waals surface area contributed by atoms with Crippen LogP contribution in [0.4, 0.5) is 5.69 Å². The first-order valence-corrected chi connectivity index (χ1v) is 12.2. The fourth-order valence-electron chi connectivity index (χ4n) is 4.07. The van der Waals surface area contributed by atoms with E-state index in [-0.39, 0.29) is 17.4 Å². The number of anilines is 1. The van der Waals surface area contributed by atoms with Crippen molar-refractivity contribution in [2.75, 3.05) is 17.8 Å². The summed E-state index contributed by atoms with van der Waals surface area (Å²) in [6, 6.07) is 12.2. The van der Waals surface area contributed by atoms with Crippen LogP contribution in [0.2, 0.25) is 0 Å². The second-order valence-corrected chi connectivity index (χ2v) is 9.01. The Labute approximate surface area is 207 Å². The summed E-state index contributed by atoms with van der Waals surface area (Å²) in [6.07, 6.45) is 1.03. The van der Waals surface area contributed by atoms with Crippen molar-refractivity contribution < 1.29 is 28.9 Å². The summed E-state index contributed by atoms with van der Waals surface area (Å²) in [7, 11) is 1.46. The molecule has 0 N–H and O–H groups in total. The van der Waals surface area contributed by atoms with Gasteiger partial charge in [0.15, 0.2) is 11.5 Å². The molecule has 1 amide bonds. The molecule has 1 unspecified atom stereocenters. The zero-order valence-electron chi connectivity index (χ0n) is 20.0. The minimum atomic E-state index is -0.914. The molecule has 35 heavy (non-hydrogen) atoms. The lowest BCUT2D eigenvalue weighted by molar-refractivity contribution is -0.764. The van der Waals surface area contributed by atoms with E-state index in [1.807, 2.05) is 0 Å². The van der Waals surface area contributed by atoms with Gasteiger partial charge in [0, 0.05) is 24.7 Å². The normalized spacial score (nSPS) is 14.2. The number of carbonyl (C=O) groups is 2. The van der Waals surface area contributed by atoms with E-state index in [9.17, 15) is 14.7 Å². The third kappa shape index (κ3) is 4.66. The zero-order valence-corrected chi connectivity index (χ0v) is 20.8. The van der Waals surface area contributed by atoms with Gasteiger partial charge in [0.25, 0.3) is 17.0 Å². The van der Waals surface area contributed by atoms with Crippen LogP contribution in [0, 0.1) is 0 Å². The maximum Gasteiger partial charge on any atom is 0.308 e. The van der Waals surface area contributed by atoms with E-state index in [1.165, 1.54) is 42.3 Å². The smallest absolute Gasteiger partial charge is 0.308 e. The Kier molecular flexibility index (Phi) is 7.20. The van der Waals surface area contributed by atoms with Crippen LogP contribution < -0.4 is 24.2 Å². The van der Waals surface area contributed by atoms with Crippen molar-refractivity contribution >= 4 is 29.3 Å². The number of unbranched alkanes of at least 4 members (excludes halogenated alkanes) is 1. The van der Waals surface area contributed by atoms with Crippen LogP contribution in [-0.2, 0) is 9.59 Å². The topological polar surface area (TPSA) is 109 Å². The van der Waals surface area contributed by atoms with Crippen molar-refractivity contribution in [1.29, 1.82) is 0 Å². The van der Waals surface area contributed by atoms with E-state index >= 15 is 0 Å². The number of amides is 1. The highest BCUT2D eigenvalue weighted by Gasteiger charge is 2.45. The van der Waals surface area contributed by atoms with Crippen molar-refractivity contribution in [2.45, 2.75) is 44.9 Å². The SMILES string of the molecule is CCCCSc1nc([O-])c2[n+](n1)C(c1cccc(OC)c1OC(C)=O)N(C(C)=O)c1ccccc1-2. The number of rotatable bonds is 7. The molecule has 1 atom stereocenters. The first kappa shape index (κ1) is 24.5. The third-order valence-corrected chi connectivity index (χ3v) is 6.46. The lowest BCUT2D eigenvalue weighted by Crippen LogP contribution is -2.58. The second-order valence-electron chi connectivity index (χ2n) is 7.95. The number of fused-ring (bicyclic) bond motifs is 3. The van der Waals surface area contributed by atoms with Gasteiger partial charge in [0.05, 0.1) is 29.8 Å². The molecule has 10 heteroatoms. The molecule has 0 fully saturated rings. The van der Waals surface area contributed by atoms with Gasteiger partial charge >= 0.3 is 5.97 Å². The van der Waals surface area contributed by atoms with Crippen LogP contribution >= 0.6 is 11.8 Å². The molecule has 9 nitrogen and oxygen atoms in total. The lowest BCUT2D eigenvalue weighted by atomic mass is 10.0. The molecule has 0 saturated heterocycles. The maximum absolute atomic E-state index is 13.3. The maximum atomic E-state index is 13.3. The van der Waals surface area contributed by atoms with Crippen LogP contribution in [0.1, 0.15) is 45.3 Å². The summed E-state index contributed by atoms with van der Waals surface area (Å²) in [4.78, 5) is 30.8. The van der Waals surface area contributed by atoms with Crippen molar-refractivity contribution in [3.8, 4) is 28.6 Å². The Morgan fingerprint density at radius 2 is 1.94 bits per heavy atom. The number of para-hydroxylation sites is 2. The largest absolute Gasteiger partial charge is 0.854 e. The van der Waals surface area contributed by atoms with Gasteiger partial charge in [-0.25, -0.2) is 9.88 Å². The molecule has 2 aromatic carbocycles. The minimum Gasteiger partial charge on any atom is -0.854 e. The molecule has 1 aromatic heterocycles. The molecule has 182 valence electrons. The first-order chi connectivity index (χ1) is 16.9. The highest BCUT2D eigenvalue weighted by Crippen LogP contribution is 2.44. The molecule has 0 aliphatic carbocycles. The number of nitrogens with zero attached hydrogens (tertiary/aromatic N) is 4. The van der Waals surface area contributed by atoms with Gasteiger partial charge in [-0.1, -0.05) is 48.0 Å². The van der Waals surface area contributed by atoms with Crippen LogP contribution in [0.25, 0.3) is 11.3 Å². The number of thioether (sulfide) groups is 1. The van der Waals surface area contributed by atoms with Gasteiger partial charge in [-0.05, 0) is 30.7 Å². The summed E-state index contributed by atoms with van der Waals surface area (Å²) in [6.45, 7) is 4.81. The van der Waals surface area contributed by atoms with E-state index in [2.05, 4.69) is 11.9 Å². The van der Waals surface area contributed by atoms with Gasteiger partial charge in [0.2, 0.25) is 5.91 Å². The Morgan fingerprint density at radius 1 is 1.17 bits per heavy atom. The molecule has 0 spiro atoms. The average molecular weight is 495 g/mol.